The fourth-order valence-electron chi connectivity index (χ4n) is 17.4. The summed E-state index contributed by atoms with van der Waals surface area (Å²) in [5, 5.41) is 16.0. The number of rotatable bonds is 11. The molecule has 6 heterocycles. The maximum Gasteiger partial charge on any atom is 0.161 e. The first-order valence-electron chi connectivity index (χ1n) is 39.8. The van der Waals surface area contributed by atoms with Gasteiger partial charge in [0.15, 0.2) is 11.6 Å². The fourth-order valence-corrected chi connectivity index (χ4v) is 17.4. The molecule has 18 aromatic carbocycles. The monoisotopic (exact) mass is 1510 g/mol. The quantitative estimate of drug-likeness (QED) is 0.118. The van der Waals surface area contributed by atoms with E-state index in [4.69, 9.17) is 37.6 Å². The normalized spacial score (nSPS) is 11.7. The Hall–Kier alpha value is -15.9. The summed E-state index contributed by atoms with van der Waals surface area (Å²) < 4.78 is 24.9. The van der Waals surface area contributed by atoms with E-state index in [0.717, 1.165) is 205 Å². The molecule has 0 saturated carbocycles. The molecule has 0 radical (unpaired) electrons. The summed E-state index contributed by atoms with van der Waals surface area (Å²) in [6, 6.07) is 140. The van der Waals surface area contributed by atoms with Crippen LogP contribution < -0.4 is 0 Å². The highest BCUT2D eigenvalue weighted by Crippen LogP contribution is 2.46. The highest BCUT2D eigenvalue weighted by atomic mass is 16.3. The highest BCUT2D eigenvalue weighted by molar-refractivity contribution is 6.15. The van der Waals surface area contributed by atoms with Gasteiger partial charge in [0, 0.05) is 76.5 Å². The van der Waals surface area contributed by atoms with Gasteiger partial charge in [0.1, 0.15) is 44.7 Å². The van der Waals surface area contributed by atoms with Crippen LogP contribution >= 0.6 is 0 Å². The Morgan fingerprint density at radius 2 is 0.466 bits per heavy atom. The summed E-state index contributed by atoms with van der Waals surface area (Å²) in [7, 11) is 0. The van der Waals surface area contributed by atoms with Gasteiger partial charge in [-0.2, -0.15) is 0 Å². The molecule has 0 aliphatic carbocycles. The zero-order valence-corrected chi connectivity index (χ0v) is 63.5. The van der Waals surface area contributed by atoms with Crippen LogP contribution in [0.25, 0.3) is 244 Å². The molecule has 0 bridgehead atoms. The lowest BCUT2D eigenvalue weighted by molar-refractivity contribution is 0.668. The van der Waals surface area contributed by atoms with E-state index in [9.17, 15) is 0 Å². The molecule has 0 N–H and O–H groups in total. The van der Waals surface area contributed by atoms with Crippen LogP contribution in [-0.2, 0) is 0 Å². The number of nitrogens with zero attached hydrogens (tertiary/aromatic N) is 4. The Kier molecular flexibility index (Phi) is 16.1. The number of fused-ring (bicyclic) bond motifs is 16. The molecular weight excluding hydrogens is 1440 g/mol. The molecule has 8 nitrogen and oxygen atoms in total. The molecule has 0 atom stereocenters. The number of furan rings is 4. The van der Waals surface area contributed by atoms with Gasteiger partial charge >= 0.3 is 0 Å². The molecule has 550 valence electrons. The molecule has 118 heavy (non-hydrogen) atoms. The van der Waals surface area contributed by atoms with Crippen LogP contribution in [0.2, 0.25) is 0 Å². The van der Waals surface area contributed by atoms with Crippen LogP contribution in [0.15, 0.2) is 418 Å². The highest BCUT2D eigenvalue weighted by Gasteiger charge is 2.23. The van der Waals surface area contributed by atoms with Gasteiger partial charge in [-0.25, -0.2) is 19.9 Å². The molecule has 0 aliphatic heterocycles. The van der Waals surface area contributed by atoms with Crippen molar-refractivity contribution in [3.05, 3.63) is 400 Å². The van der Waals surface area contributed by atoms with Crippen molar-refractivity contribution in [3.8, 4) is 123 Å². The number of benzene rings is 18. The fraction of sp³-hybridized carbons (Fsp3) is 0. The minimum Gasteiger partial charge on any atom is -0.456 e. The Bertz CT molecular complexity index is 8130. The Morgan fingerprint density at radius 3 is 0.975 bits per heavy atom. The predicted molar refractivity (Wildman–Crippen MR) is 485 cm³/mol. The number of para-hydroxylation sites is 4. The van der Waals surface area contributed by atoms with E-state index in [1.807, 2.05) is 72.8 Å². The van der Waals surface area contributed by atoms with Gasteiger partial charge in [-0.15, -0.1) is 0 Å². The van der Waals surface area contributed by atoms with Gasteiger partial charge in [0.05, 0.1) is 22.8 Å². The van der Waals surface area contributed by atoms with E-state index < -0.39 is 0 Å². The van der Waals surface area contributed by atoms with Crippen molar-refractivity contribution in [1.82, 2.24) is 19.9 Å². The summed E-state index contributed by atoms with van der Waals surface area (Å²) in [6.07, 6.45) is 0. The van der Waals surface area contributed by atoms with Crippen molar-refractivity contribution in [3.63, 3.8) is 0 Å². The van der Waals surface area contributed by atoms with Gasteiger partial charge in [-0.3, -0.25) is 0 Å². The summed E-state index contributed by atoms with van der Waals surface area (Å²) in [4.78, 5) is 21.3. The van der Waals surface area contributed by atoms with Crippen molar-refractivity contribution in [2.45, 2.75) is 0 Å². The van der Waals surface area contributed by atoms with Crippen molar-refractivity contribution in [2.24, 2.45) is 0 Å². The third-order valence-electron chi connectivity index (χ3n) is 23.2. The number of hydrogen-bond donors (Lipinski definition) is 0. The van der Waals surface area contributed by atoms with Crippen molar-refractivity contribution >= 4 is 120 Å². The third-order valence-corrected chi connectivity index (χ3v) is 23.2. The van der Waals surface area contributed by atoms with E-state index in [2.05, 4.69) is 328 Å². The molecular formula is C110H66N4O4. The third kappa shape index (κ3) is 11.9. The number of hydrogen-bond acceptors (Lipinski definition) is 8. The van der Waals surface area contributed by atoms with E-state index in [1.54, 1.807) is 0 Å². The largest absolute Gasteiger partial charge is 0.456 e. The predicted octanol–water partition coefficient (Wildman–Crippen LogP) is 30.3. The molecule has 0 saturated heterocycles. The first-order chi connectivity index (χ1) is 58.4. The second-order valence-corrected chi connectivity index (χ2v) is 30.2. The van der Waals surface area contributed by atoms with E-state index >= 15 is 0 Å². The van der Waals surface area contributed by atoms with Crippen LogP contribution in [0.1, 0.15) is 0 Å². The van der Waals surface area contributed by atoms with Crippen molar-refractivity contribution < 1.29 is 17.7 Å². The van der Waals surface area contributed by atoms with Crippen molar-refractivity contribution in [1.29, 1.82) is 0 Å². The van der Waals surface area contributed by atoms with Gasteiger partial charge in [0.2, 0.25) is 0 Å². The Morgan fingerprint density at radius 1 is 0.136 bits per heavy atom. The standard InChI is InChI=1S/C60H36N2O2.C50H30N2O2/c1-2-12-39(13-3-1)60-61-54(38-24-22-37(23-25-38)50-34-42-14-4-5-15-44(42)46-16-6-7-17-47(46)50)36-55(62-60)51-32-40(41-27-30-58-52(33-41)48-18-8-10-20-56(48)63-58)26-29-45(51)43-28-31-59-53(35-43)49-19-9-11-21-57(49)64-59;1-2-12-32(13-3-1)44-30-45(52-50(51-44)40-18-10-14-31-11-4-5-15-36(31)40)41-27-33(34-22-25-48-42(28-34)38-16-6-8-19-46(38)53-48)21-24-37(41)35-23-26-49-43(29-35)39-17-7-9-20-47(39)54-49/h1-36H;1-30H. The molecule has 24 aromatic rings. The van der Waals surface area contributed by atoms with Crippen LogP contribution in [-0.4, -0.2) is 19.9 Å². The Labute approximate surface area is 677 Å². The molecule has 0 fully saturated rings. The van der Waals surface area contributed by atoms with Gasteiger partial charge in [-0.1, -0.05) is 297 Å². The second kappa shape index (κ2) is 28.0. The smallest absolute Gasteiger partial charge is 0.161 e. The molecule has 0 unspecified atom stereocenters. The minimum absolute atomic E-state index is 0.664. The number of aromatic nitrogens is 4. The summed E-state index contributed by atoms with van der Waals surface area (Å²) in [6.45, 7) is 0. The topological polar surface area (TPSA) is 104 Å². The molecule has 6 aromatic heterocycles. The zero-order chi connectivity index (χ0) is 77.7. The van der Waals surface area contributed by atoms with Gasteiger partial charge < -0.3 is 17.7 Å². The average molecular weight is 1510 g/mol. The molecule has 24 rings (SSSR count). The summed E-state index contributed by atoms with van der Waals surface area (Å²) in [5.74, 6) is 1.35. The Balaban J connectivity index is 0.000000140. The SMILES string of the molecule is c1ccc(-c2cc(-c3cc(-c4ccc5oc6ccccc6c5c4)ccc3-c3ccc4oc5ccccc5c4c3)nc(-c3cccc4ccccc34)n2)cc1.c1ccc(-c2nc(-c3ccc(-c4cc5ccccc5c5ccccc45)cc3)cc(-c3cc(-c4ccc5oc6ccccc6c5c4)ccc3-c3ccc4oc5ccccc5c4c3)n2)cc1. The lowest BCUT2D eigenvalue weighted by Gasteiger charge is -2.16. The van der Waals surface area contributed by atoms with Gasteiger partial charge in [0.25, 0.3) is 0 Å². The lowest BCUT2D eigenvalue weighted by Crippen LogP contribution is -1.98. The molecule has 0 spiro atoms. The van der Waals surface area contributed by atoms with Crippen LogP contribution in [0, 0.1) is 0 Å². The van der Waals surface area contributed by atoms with Crippen LogP contribution in [0.5, 0.6) is 0 Å². The first-order valence-corrected chi connectivity index (χ1v) is 39.8. The second-order valence-electron chi connectivity index (χ2n) is 30.2. The van der Waals surface area contributed by atoms with Crippen molar-refractivity contribution in [2.75, 3.05) is 0 Å². The van der Waals surface area contributed by atoms with Crippen LogP contribution in [0.3, 0.4) is 0 Å². The summed E-state index contributed by atoms with van der Waals surface area (Å²) in [5.41, 5.74) is 27.4. The molecule has 0 aliphatic rings. The minimum atomic E-state index is 0.664. The van der Waals surface area contributed by atoms with E-state index in [-0.39, 0.29) is 0 Å². The summed E-state index contributed by atoms with van der Waals surface area (Å²) >= 11 is 0. The average Bonchev–Trinajstić information content (AvgIpc) is 1.63. The maximum absolute atomic E-state index is 6.27. The van der Waals surface area contributed by atoms with E-state index in [1.165, 1.54) is 27.1 Å². The first kappa shape index (κ1) is 67.8. The zero-order valence-electron chi connectivity index (χ0n) is 63.5. The lowest BCUT2D eigenvalue weighted by atomic mass is 9.91. The molecule has 0 amide bonds. The maximum atomic E-state index is 6.27. The van der Waals surface area contributed by atoms with E-state index in [0.29, 0.717) is 11.6 Å². The van der Waals surface area contributed by atoms with Gasteiger partial charge in [-0.05, 0) is 191 Å². The van der Waals surface area contributed by atoms with Crippen LogP contribution in [0.4, 0.5) is 0 Å². The molecule has 8 heteroatoms.